The van der Waals surface area contributed by atoms with Crippen molar-refractivity contribution in [2.45, 2.75) is 0 Å². The average Bonchev–Trinajstić information content (AvgIpc) is 1.00. The maximum atomic E-state index is 4.50. The molecule has 0 aromatic heterocycles. The van der Waals surface area contributed by atoms with Crippen molar-refractivity contribution in [3.05, 3.63) is 0 Å². The summed E-state index contributed by atoms with van der Waals surface area (Å²) in [6, 6.07) is 0. The minimum absolute atomic E-state index is 0. The van der Waals surface area contributed by atoms with Crippen molar-refractivity contribution in [3.8, 4) is 0 Å². The van der Waals surface area contributed by atoms with Crippen molar-refractivity contribution in [2.24, 2.45) is 5.73 Å². The van der Waals surface area contributed by atoms with Crippen LogP contribution >= 0.6 is 41.0 Å². The Morgan fingerprint density at radius 1 is 1.20 bits per heavy atom. The van der Waals surface area contributed by atoms with Crippen molar-refractivity contribution < 1.29 is 0 Å². The second-order valence-corrected chi connectivity index (χ2v) is 0. The molecule has 0 saturated carbocycles. The van der Waals surface area contributed by atoms with Crippen LogP contribution in [0.1, 0.15) is 0 Å². The van der Waals surface area contributed by atoms with E-state index in [9.17, 15) is 0 Å². The van der Waals surface area contributed by atoms with Crippen molar-refractivity contribution in [2.75, 3.05) is 7.05 Å². The second kappa shape index (κ2) is 38.0. The van der Waals surface area contributed by atoms with Crippen LogP contribution in [0.3, 0.4) is 0 Å². The fraction of sp³-hybridized carbons (Fsp3) is 1.00. The zero-order chi connectivity index (χ0) is 2.00. The molecule has 5 heavy (non-hydrogen) atoms. The first-order valence-electron chi connectivity index (χ1n) is 0.577. The minimum atomic E-state index is 0. The first-order valence-corrected chi connectivity index (χ1v) is 0.577. The summed E-state index contributed by atoms with van der Waals surface area (Å²) in [7, 11) is 1.50. The quantitative estimate of drug-likeness (QED) is 0.472. The van der Waals surface area contributed by atoms with Crippen LogP contribution in [0.25, 0.3) is 0 Å². The van der Waals surface area contributed by atoms with Crippen LogP contribution < -0.4 is 5.73 Å². The molecule has 2 radical (unpaired) electrons. The molecular formula is CH9BrINSn. The van der Waals surface area contributed by atoms with Gasteiger partial charge in [0.15, 0.2) is 0 Å². The third-order valence-corrected chi connectivity index (χ3v) is 0. The molecule has 0 fully saturated rings. The molecule has 0 saturated heterocycles. The van der Waals surface area contributed by atoms with Gasteiger partial charge in [0, 0.05) is 0 Å². The summed E-state index contributed by atoms with van der Waals surface area (Å²) in [5.74, 6) is 0. The molecule has 36 valence electrons. The summed E-state index contributed by atoms with van der Waals surface area (Å²) in [5, 5.41) is 0. The van der Waals surface area contributed by atoms with Crippen molar-refractivity contribution >= 4 is 64.9 Å². The van der Waals surface area contributed by atoms with E-state index in [0.717, 1.165) is 0 Å². The Labute approximate surface area is 76.8 Å². The predicted molar refractivity (Wildman–Crippen MR) is 44.4 cm³/mol. The molecule has 0 aromatic carbocycles. The van der Waals surface area contributed by atoms with Gasteiger partial charge in [-0.3, -0.25) is 0 Å². The molecule has 0 aliphatic carbocycles. The van der Waals surface area contributed by atoms with Gasteiger partial charge >= 0.3 is 23.9 Å². The van der Waals surface area contributed by atoms with Gasteiger partial charge in [-0.25, -0.2) is 0 Å². The summed E-state index contributed by atoms with van der Waals surface area (Å²) < 4.78 is 0. The molecule has 4 heteroatoms. The van der Waals surface area contributed by atoms with E-state index in [1.54, 1.807) is 0 Å². The molecule has 2 N–H and O–H groups in total. The summed E-state index contributed by atoms with van der Waals surface area (Å²) in [6.07, 6.45) is 0. The topological polar surface area (TPSA) is 26.0 Å². The number of halogens is 2. The van der Waals surface area contributed by atoms with E-state index in [-0.39, 0.29) is 64.9 Å². The Balaban J connectivity index is -0.00000000167. The van der Waals surface area contributed by atoms with E-state index >= 15 is 0 Å². The number of nitrogens with two attached hydrogens (primary N) is 1. The third-order valence-electron chi connectivity index (χ3n) is 0. The molecule has 0 spiro atoms. The summed E-state index contributed by atoms with van der Waals surface area (Å²) >= 11 is 0. The first kappa shape index (κ1) is 28.2. The molecule has 0 unspecified atom stereocenters. The van der Waals surface area contributed by atoms with Gasteiger partial charge in [-0.05, 0) is 7.05 Å². The van der Waals surface area contributed by atoms with Crippen molar-refractivity contribution in [1.82, 2.24) is 0 Å². The molecule has 0 aliphatic rings. The maximum absolute atomic E-state index is 4.50. The standard InChI is InChI=1S/CH5N.BrH.HI.Sn.2H/c1-2;;;;;/h2H2,1H3;2*1H;;;. The van der Waals surface area contributed by atoms with Gasteiger partial charge in [0.1, 0.15) is 0 Å². The Bertz CT molecular complexity index is 11.6. The van der Waals surface area contributed by atoms with Crippen LogP contribution in [-0.4, -0.2) is 31.0 Å². The van der Waals surface area contributed by atoms with Gasteiger partial charge in [-0.1, -0.05) is 0 Å². The molecule has 0 aliphatic heterocycles. The van der Waals surface area contributed by atoms with E-state index in [1.807, 2.05) is 0 Å². The van der Waals surface area contributed by atoms with Gasteiger partial charge in [-0.15, -0.1) is 41.0 Å². The summed E-state index contributed by atoms with van der Waals surface area (Å²) in [5.41, 5.74) is 4.50. The third kappa shape index (κ3) is 24.3. The van der Waals surface area contributed by atoms with Crippen LogP contribution in [0.2, 0.25) is 0 Å². The Morgan fingerprint density at radius 3 is 1.20 bits per heavy atom. The SMILES string of the molecule is Br.CN.I.[SnH2]. The summed E-state index contributed by atoms with van der Waals surface area (Å²) in [6.45, 7) is 0. The fourth-order valence-corrected chi connectivity index (χ4v) is 0. The molecule has 1 nitrogen and oxygen atoms in total. The number of rotatable bonds is 0. The molecule has 0 amide bonds. The second-order valence-electron chi connectivity index (χ2n) is 0. The van der Waals surface area contributed by atoms with Crippen LogP contribution in [0.4, 0.5) is 0 Å². The van der Waals surface area contributed by atoms with Crippen molar-refractivity contribution in [3.63, 3.8) is 0 Å². The average molecular weight is 361 g/mol. The zero-order valence-electron chi connectivity index (χ0n) is 3.10. The van der Waals surface area contributed by atoms with Gasteiger partial charge in [0.2, 0.25) is 0 Å². The number of hydrogen-bond acceptors (Lipinski definition) is 1. The van der Waals surface area contributed by atoms with Crippen LogP contribution in [0.5, 0.6) is 0 Å². The Kier molecular flexibility index (Phi) is 214. The van der Waals surface area contributed by atoms with E-state index in [2.05, 4.69) is 5.73 Å². The van der Waals surface area contributed by atoms with Crippen LogP contribution in [0, 0.1) is 0 Å². The van der Waals surface area contributed by atoms with Crippen LogP contribution in [-0.2, 0) is 0 Å². The van der Waals surface area contributed by atoms with E-state index in [0.29, 0.717) is 0 Å². The molecule has 0 rings (SSSR count). The molecule has 0 bridgehead atoms. The van der Waals surface area contributed by atoms with E-state index in [1.165, 1.54) is 7.05 Å². The molecule has 0 atom stereocenters. The zero-order valence-corrected chi connectivity index (χ0v) is 11.2. The van der Waals surface area contributed by atoms with Gasteiger partial charge < -0.3 is 5.73 Å². The Hall–Kier alpha value is 1.97. The Morgan fingerprint density at radius 2 is 1.20 bits per heavy atom. The van der Waals surface area contributed by atoms with Gasteiger partial charge in [0.25, 0.3) is 0 Å². The number of hydrogen-bond donors (Lipinski definition) is 1. The monoisotopic (exact) mass is 361 g/mol. The van der Waals surface area contributed by atoms with E-state index < -0.39 is 0 Å². The van der Waals surface area contributed by atoms with Crippen LogP contribution in [0.15, 0.2) is 0 Å². The van der Waals surface area contributed by atoms with Gasteiger partial charge in [0.05, 0.1) is 0 Å². The fourth-order valence-electron chi connectivity index (χ4n) is 0. The molecule has 0 aromatic rings. The normalized spacial score (nSPS) is 1.20. The van der Waals surface area contributed by atoms with Gasteiger partial charge in [-0.2, -0.15) is 0 Å². The van der Waals surface area contributed by atoms with E-state index in [4.69, 9.17) is 0 Å². The molecule has 0 heterocycles. The van der Waals surface area contributed by atoms with Crippen molar-refractivity contribution in [1.29, 1.82) is 0 Å². The molecular weight excluding hydrogens is 352 g/mol. The first-order chi connectivity index (χ1) is 1.00. The predicted octanol–water partition coefficient (Wildman–Crippen LogP) is -0.145. The summed E-state index contributed by atoms with van der Waals surface area (Å²) in [4.78, 5) is 0.